The molecular weight excluding hydrogens is 306 g/mol. The molecule has 1 amide bonds. The highest BCUT2D eigenvalue weighted by atomic mass is 32.1. The predicted molar refractivity (Wildman–Crippen MR) is 92.8 cm³/mol. The fourth-order valence-corrected chi connectivity index (χ4v) is 3.14. The number of carbonyl (C=O) groups is 1. The number of thiophene rings is 1. The van der Waals surface area contributed by atoms with E-state index in [-0.39, 0.29) is 11.9 Å². The van der Waals surface area contributed by atoms with E-state index in [4.69, 9.17) is 0 Å². The van der Waals surface area contributed by atoms with Gasteiger partial charge in [0.15, 0.2) is 0 Å². The number of aryl methyl sites for hydroxylation is 1. The number of hydrogen-bond donors (Lipinski definition) is 1. The molecule has 0 aliphatic carbocycles. The molecule has 0 aliphatic heterocycles. The number of imidazole rings is 1. The van der Waals surface area contributed by atoms with Crippen LogP contribution in [0.25, 0.3) is 5.69 Å². The normalized spacial score (nSPS) is 12.0. The van der Waals surface area contributed by atoms with E-state index in [0.717, 1.165) is 17.7 Å². The first kappa shape index (κ1) is 15.5. The number of amides is 1. The summed E-state index contributed by atoms with van der Waals surface area (Å²) in [5.74, 6) is 0.0876. The summed E-state index contributed by atoms with van der Waals surface area (Å²) >= 11 is 1.69. The van der Waals surface area contributed by atoms with Crippen LogP contribution in [0.4, 0.5) is 0 Å². The minimum Gasteiger partial charge on any atom is -0.350 e. The Morgan fingerprint density at radius 3 is 2.78 bits per heavy atom. The molecule has 1 N–H and O–H groups in total. The molecule has 2 heterocycles. The van der Waals surface area contributed by atoms with Crippen LogP contribution in [0.15, 0.2) is 60.5 Å². The lowest BCUT2D eigenvalue weighted by atomic mass is 10.1. The third kappa shape index (κ3) is 4.07. The van der Waals surface area contributed by atoms with Crippen LogP contribution in [-0.4, -0.2) is 15.5 Å². The molecular formula is C18H19N3OS. The van der Waals surface area contributed by atoms with Gasteiger partial charge in [0, 0.05) is 29.4 Å². The van der Waals surface area contributed by atoms with Crippen molar-refractivity contribution in [1.29, 1.82) is 0 Å². The van der Waals surface area contributed by atoms with Crippen molar-refractivity contribution < 1.29 is 4.79 Å². The van der Waals surface area contributed by atoms with Crippen LogP contribution in [0.5, 0.6) is 0 Å². The highest BCUT2D eigenvalue weighted by molar-refractivity contribution is 7.09. The zero-order valence-corrected chi connectivity index (χ0v) is 13.8. The van der Waals surface area contributed by atoms with Crippen LogP contribution in [0, 0.1) is 0 Å². The first-order valence-corrected chi connectivity index (χ1v) is 8.50. The van der Waals surface area contributed by atoms with Gasteiger partial charge >= 0.3 is 0 Å². The zero-order chi connectivity index (χ0) is 16.1. The van der Waals surface area contributed by atoms with Crippen molar-refractivity contribution in [3.05, 3.63) is 70.9 Å². The van der Waals surface area contributed by atoms with Crippen molar-refractivity contribution in [3.63, 3.8) is 0 Å². The molecule has 118 valence electrons. The Balaban J connectivity index is 1.55. The molecule has 0 saturated heterocycles. The fourth-order valence-electron chi connectivity index (χ4n) is 2.44. The van der Waals surface area contributed by atoms with Gasteiger partial charge in [-0.2, -0.15) is 0 Å². The number of hydrogen-bond acceptors (Lipinski definition) is 3. The van der Waals surface area contributed by atoms with Crippen molar-refractivity contribution in [2.45, 2.75) is 25.8 Å². The molecule has 0 spiro atoms. The Hall–Kier alpha value is -2.40. The Morgan fingerprint density at radius 1 is 1.30 bits per heavy atom. The van der Waals surface area contributed by atoms with Gasteiger partial charge in [0.25, 0.3) is 0 Å². The van der Waals surface area contributed by atoms with Crippen LogP contribution in [0.3, 0.4) is 0 Å². The SMILES string of the molecule is CC(NC(=O)CCc1cccs1)c1ccc(-n2ccnc2)cc1. The van der Waals surface area contributed by atoms with E-state index in [1.807, 2.05) is 53.4 Å². The molecule has 1 aromatic carbocycles. The van der Waals surface area contributed by atoms with Crippen molar-refractivity contribution in [3.8, 4) is 5.69 Å². The number of rotatable bonds is 6. The van der Waals surface area contributed by atoms with E-state index >= 15 is 0 Å². The first-order valence-electron chi connectivity index (χ1n) is 7.62. The van der Waals surface area contributed by atoms with Crippen molar-refractivity contribution >= 4 is 17.2 Å². The minimum atomic E-state index is 0.00247. The van der Waals surface area contributed by atoms with Gasteiger partial charge in [-0.25, -0.2) is 4.98 Å². The van der Waals surface area contributed by atoms with Crippen LogP contribution in [0.2, 0.25) is 0 Å². The van der Waals surface area contributed by atoms with Gasteiger partial charge < -0.3 is 9.88 Å². The summed E-state index contributed by atoms with van der Waals surface area (Å²) in [5.41, 5.74) is 2.15. The third-order valence-corrected chi connectivity index (χ3v) is 4.69. The maximum atomic E-state index is 12.1. The molecule has 1 atom stereocenters. The molecule has 0 bridgehead atoms. The van der Waals surface area contributed by atoms with Crippen molar-refractivity contribution in [2.24, 2.45) is 0 Å². The quantitative estimate of drug-likeness (QED) is 0.750. The number of aromatic nitrogens is 2. The lowest BCUT2D eigenvalue weighted by Crippen LogP contribution is -2.26. The lowest BCUT2D eigenvalue weighted by Gasteiger charge is -2.15. The second-order valence-corrected chi connectivity index (χ2v) is 6.46. The number of benzene rings is 1. The van der Waals surface area contributed by atoms with Crippen LogP contribution in [0.1, 0.15) is 29.8 Å². The zero-order valence-electron chi connectivity index (χ0n) is 13.0. The van der Waals surface area contributed by atoms with Gasteiger partial charge in [-0.15, -0.1) is 11.3 Å². The summed E-state index contributed by atoms with van der Waals surface area (Å²) in [6, 6.07) is 12.2. The number of nitrogens with one attached hydrogen (secondary N) is 1. The molecule has 2 aromatic heterocycles. The summed E-state index contributed by atoms with van der Waals surface area (Å²) in [7, 11) is 0. The van der Waals surface area contributed by atoms with E-state index < -0.39 is 0 Å². The monoisotopic (exact) mass is 325 g/mol. The van der Waals surface area contributed by atoms with Gasteiger partial charge in [-0.1, -0.05) is 18.2 Å². The highest BCUT2D eigenvalue weighted by Crippen LogP contribution is 2.16. The van der Waals surface area contributed by atoms with Gasteiger partial charge in [-0.3, -0.25) is 4.79 Å². The molecule has 0 aliphatic rings. The molecule has 3 rings (SSSR count). The largest absolute Gasteiger partial charge is 0.350 e. The summed E-state index contributed by atoms with van der Waals surface area (Å²) in [6.45, 7) is 2.01. The average Bonchev–Trinajstić information content (AvgIpc) is 3.26. The molecule has 5 heteroatoms. The first-order chi connectivity index (χ1) is 11.2. The van der Waals surface area contributed by atoms with Crippen LogP contribution < -0.4 is 5.32 Å². The maximum Gasteiger partial charge on any atom is 0.220 e. The smallest absolute Gasteiger partial charge is 0.220 e. The lowest BCUT2D eigenvalue weighted by molar-refractivity contribution is -0.121. The summed E-state index contributed by atoms with van der Waals surface area (Å²) in [4.78, 5) is 17.3. The Labute approximate surface area is 139 Å². The molecule has 4 nitrogen and oxygen atoms in total. The van der Waals surface area contributed by atoms with Crippen LogP contribution >= 0.6 is 11.3 Å². The second-order valence-electron chi connectivity index (χ2n) is 5.43. The highest BCUT2D eigenvalue weighted by Gasteiger charge is 2.10. The van der Waals surface area contributed by atoms with E-state index in [1.54, 1.807) is 23.9 Å². The maximum absolute atomic E-state index is 12.1. The van der Waals surface area contributed by atoms with E-state index in [0.29, 0.717) is 6.42 Å². The predicted octanol–water partition coefficient (Wildman–Crippen LogP) is 3.74. The Kier molecular flexibility index (Phi) is 4.88. The molecule has 3 aromatic rings. The van der Waals surface area contributed by atoms with Crippen LogP contribution in [-0.2, 0) is 11.2 Å². The summed E-state index contributed by atoms with van der Waals surface area (Å²) < 4.78 is 1.95. The Morgan fingerprint density at radius 2 is 2.13 bits per heavy atom. The van der Waals surface area contributed by atoms with Crippen molar-refractivity contribution in [2.75, 3.05) is 0 Å². The van der Waals surface area contributed by atoms with Gasteiger partial charge in [0.05, 0.1) is 12.4 Å². The van der Waals surface area contributed by atoms with Gasteiger partial charge in [-0.05, 0) is 42.5 Å². The third-order valence-electron chi connectivity index (χ3n) is 3.75. The fraction of sp³-hybridized carbons (Fsp3) is 0.222. The van der Waals surface area contributed by atoms with E-state index in [9.17, 15) is 4.79 Å². The molecule has 23 heavy (non-hydrogen) atoms. The van der Waals surface area contributed by atoms with Crippen molar-refractivity contribution in [1.82, 2.24) is 14.9 Å². The van der Waals surface area contributed by atoms with E-state index in [2.05, 4.69) is 16.4 Å². The number of carbonyl (C=O) groups excluding carboxylic acids is 1. The van der Waals surface area contributed by atoms with Gasteiger partial charge in [0.2, 0.25) is 5.91 Å². The topological polar surface area (TPSA) is 46.9 Å². The standard InChI is InChI=1S/C18H19N3OS/c1-14(20-18(22)9-8-17-3-2-12-23-17)15-4-6-16(7-5-15)21-11-10-19-13-21/h2-7,10-14H,8-9H2,1H3,(H,20,22). The minimum absolute atomic E-state index is 0.00247. The molecule has 0 fully saturated rings. The summed E-state index contributed by atoms with van der Waals surface area (Å²) in [5, 5.41) is 5.10. The summed E-state index contributed by atoms with van der Waals surface area (Å²) in [6.07, 6.45) is 6.76. The molecule has 1 unspecified atom stereocenters. The molecule has 0 radical (unpaired) electrons. The van der Waals surface area contributed by atoms with E-state index in [1.165, 1.54) is 4.88 Å². The Bertz CT molecular complexity index is 733. The second kappa shape index (κ2) is 7.24. The van der Waals surface area contributed by atoms with Gasteiger partial charge in [0.1, 0.15) is 0 Å². The number of nitrogens with zero attached hydrogens (tertiary/aromatic N) is 2. The molecule has 0 saturated carbocycles. The average molecular weight is 325 g/mol.